The van der Waals surface area contributed by atoms with Gasteiger partial charge >= 0.3 is 5.97 Å². The molecule has 0 unspecified atom stereocenters. The first-order valence-corrected chi connectivity index (χ1v) is 5.72. The van der Waals surface area contributed by atoms with Crippen LogP contribution in [0, 0.1) is 6.92 Å². The van der Waals surface area contributed by atoms with Crippen LogP contribution >= 0.6 is 0 Å². The van der Waals surface area contributed by atoms with E-state index in [1.54, 1.807) is 17.6 Å². The Bertz CT molecular complexity index is 628. The van der Waals surface area contributed by atoms with Crippen molar-refractivity contribution in [2.24, 2.45) is 0 Å². The van der Waals surface area contributed by atoms with E-state index in [1.165, 1.54) is 6.20 Å². The predicted molar refractivity (Wildman–Crippen MR) is 68.4 cm³/mol. The molecule has 0 aliphatic heterocycles. The Labute approximate surface area is 105 Å². The summed E-state index contributed by atoms with van der Waals surface area (Å²) in [5, 5.41) is 4.16. The minimum absolute atomic E-state index is 0.327. The Kier molecular flexibility index (Phi) is 3.14. The summed E-state index contributed by atoms with van der Waals surface area (Å²) >= 11 is 0. The van der Waals surface area contributed by atoms with Gasteiger partial charge in [-0.1, -0.05) is 6.58 Å². The van der Waals surface area contributed by atoms with Crippen molar-refractivity contribution in [1.82, 2.24) is 14.6 Å². The normalized spacial score (nSPS) is 10.6. The van der Waals surface area contributed by atoms with E-state index in [2.05, 4.69) is 16.7 Å². The van der Waals surface area contributed by atoms with Crippen LogP contribution in [0.25, 0.3) is 11.2 Å². The van der Waals surface area contributed by atoms with Gasteiger partial charge in [0.05, 0.1) is 30.3 Å². The summed E-state index contributed by atoms with van der Waals surface area (Å²) in [6.45, 7) is 9.70. The molecule has 2 aromatic heterocycles. The molecule has 0 aliphatic rings. The Morgan fingerprint density at radius 3 is 2.89 bits per heavy atom. The summed E-state index contributed by atoms with van der Waals surface area (Å²) < 4.78 is 6.66. The van der Waals surface area contributed by atoms with E-state index in [1.807, 2.05) is 13.8 Å². The lowest BCUT2D eigenvalue weighted by Crippen LogP contribution is -2.10. The van der Waals surface area contributed by atoms with Crippen LogP contribution in [0.15, 0.2) is 19.0 Å². The zero-order chi connectivity index (χ0) is 13.3. The number of ether oxygens (including phenoxy) is 1. The zero-order valence-corrected chi connectivity index (χ0v) is 10.7. The number of allylic oxidation sites excluding steroid dienone is 1. The smallest absolute Gasteiger partial charge is 0.340 e. The second kappa shape index (κ2) is 4.60. The van der Waals surface area contributed by atoms with Crippen molar-refractivity contribution in [1.29, 1.82) is 0 Å². The summed E-state index contributed by atoms with van der Waals surface area (Å²) in [7, 11) is 0. The highest BCUT2D eigenvalue weighted by atomic mass is 16.5. The van der Waals surface area contributed by atoms with E-state index >= 15 is 0 Å². The quantitative estimate of drug-likeness (QED) is 0.778. The molecule has 5 nitrogen and oxygen atoms in total. The van der Waals surface area contributed by atoms with Crippen LogP contribution in [-0.2, 0) is 4.74 Å². The molecule has 0 radical (unpaired) electrons. The fourth-order valence-electron chi connectivity index (χ4n) is 1.83. The van der Waals surface area contributed by atoms with Crippen LogP contribution in [0.5, 0.6) is 0 Å². The Morgan fingerprint density at radius 2 is 2.28 bits per heavy atom. The molecule has 2 rings (SSSR count). The molecule has 0 atom stereocenters. The lowest BCUT2D eigenvalue weighted by Gasteiger charge is -2.09. The third-order valence-electron chi connectivity index (χ3n) is 2.53. The van der Waals surface area contributed by atoms with Gasteiger partial charge in [-0.2, -0.15) is 5.10 Å². The molecule has 0 aromatic carbocycles. The molecular weight excluding hydrogens is 230 g/mol. The molecule has 0 N–H and O–H groups in total. The molecule has 0 bridgehead atoms. The van der Waals surface area contributed by atoms with E-state index in [0.717, 1.165) is 11.3 Å². The van der Waals surface area contributed by atoms with Gasteiger partial charge in [-0.25, -0.2) is 14.3 Å². The third kappa shape index (κ3) is 1.99. The van der Waals surface area contributed by atoms with Gasteiger partial charge in [0.2, 0.25) is 0 Å². The monoisotopic (exact) mass is 245 g/mol. The van der Waals surface area contributed by atoms with Gasteiger partial charge in [-0.05, 0) is 26.3 Å². The highest BCUT2D eigenvalue weighted by Gasteiger charge is 2.18. The molecule has 18 heavy (non-hydrogen) atoms. The molecule has 0 aliphatic carbocycles. The van der Waals surface area contributed by atoms with E-state index in [4.69, 9.17) is 4.74 Å². The van der Waals surface area contributed by atoms with Crippen molar-refractivity contribution >= 4 is 17.2 Å². The molecule has 94 valence electrons. The van der Waals surface area contributed by atoms with Crippen molar-refractivity contribution in [3.63, 3.8) is 0 Å². The first kappa shape index (κ1) is 12.3. The molecule has 5 heteroatoms. The molecule has 0 fully saturated rings. The number of imidazole rings is 1. The summed E-state index contributed by atoms with van der Waals surface area (Å²) in [5.74, 6) is -0.397. The lowest BCUT2D eigenvalue weighted by molar-refractivity contribution is 0.0525. The first-order chi connectivity index (χ1) is 8.54. The number of hydrogen-bond acceptors (Lipinski definition) is 4. The molecule has 0 amide bonds. The van der Waals surface area contributed by atoms with Gasteiger partial charge in [-0.15, -0.1) is 0 Å². The number of rotatable bonds is 3. The number of nitrogens with zero attached hydrogens (tertiary/aromatic N) is 3. The number of esters is 1. The molecule has 0 saturated carbocycles. The standard InChI is InChI=1S/C13H15N3O2/c1-5-18-13(17)10-6-14-16-7-9(4)15-12(16)11(10)8(2)3/h6-7H,2,5H2,1,3-4H3. The number of fused-ring (bicyclic) bond motifs is 1. The average Bonchev–Trinajstić information content (AvgIpc) is 2.67. The van der Waals surface area contributed by atoms with Crippen molar-refractivity contribution in [2.75, 3.05) is 6.61 Å². The predicted octanol–water partition coefficient (Wildman–Crippen LogP) is 2.25. The maximum Gasteiger partial charge on any atom is 0.340 e. The van der Waals surface area contributed by atoms with E-state index in [0.29, 0.717) is 23.4 Å². The summed E-state index contributed by atoms with van der Waals surface area (Å²) in [6.07, 6.45) is 3.30. The minimum Gasteiger partial charge on any atom is -0.462 e. The highest BCUT2D eigenvalue weighted by Crippen LogP contribution is 2.22. The third-order valence-corrected chi connectivity index (χ3v) is 2.53. The Balaban J connectivity index is 2.70. The average molecular weight is 245 g/mol. The molecule has 0 saturated heterocycles. The fourth-order valence-corrected chi connectivity index (χ4v) is 1.83. The number of carbonyl (C=O) groups excluding carboxylic acids is 1. The number of aromatic nitrogens is 3. The lowest BCUT2D eigenvalue weighted by atomic mass is 10.1. The van der Waals surface area contributed by atoms with Gasteiger partial charge in [0.1, 0.15) is 0 Å². The largest absolute Gasteiger partial charge is 0.462 e. The van der Waals surface area contributed by atoms with Gasteiger partial charge in [0.15, 0.2) is 5.65 Å². The maximum atomic E-state index is 11.9. The highest BCUT2D eigenvalue weighted by molar-refractivity contribution is 5.97. The van der Waals surface area contributed by atoms with Crippen LogP contribution in [0.3, 0.4) is 0 Å². The molecule has 2 aromatic rings. The van der Waals surface area contributed by atoms with Crippen LogP contribution in [0.4, 0.5) is 0 Å². The maximum absolute atomic E-state index is 11.9. The van der Waals surface area contributed by atoms with Crippen molar-refractivity contribution in [3.8, 4) is 0 Å². The second-order valence-electron chi connectivity index (χ2n) is 4.08. The van der Waals surface area contributed by atoms with Gasteiger partial charge in [0, 0.05) is 5.56 Å². The van der Waals surface area contributed by atoms with E-state index in [9.17, 15) is 4.79 Å². The first-order valence-electron chi connectivity index (χ1n) is 5.72. The Hall–Kier alpha value is -2.17. The summed E-state index contributed by atoms with van der Waals surface area (Å²) in [5.41, 5.74) is 3.33. The van der Waals surface area contributed by atoms with E-state index in [-0.39, 0.29) is 0 Å². The number of aryl methyl sites for hydroxylation is 1. The van der Waals surface area contributed by atoms with Gasteiger partial charge in [0.25, 0.3) is 0 Å². The Morgan fingerprint density at radius 1 is 1.56 bits per heavy atom. The van der Waals surface area contributed by atoms with Crippen molar-refractivity contribution in [3.05, 3.63) is 35.8 Å². The van der Waals surface area contributed by atoms with Crippen LogP contribution in [0.2, 0.25) is 0 Å². The summed E-state index contributed by atoms with van der Waals surface area (Å²) in [4.78, 5) is 16.2. The van der Waals surface area contributed by atoms with Crippen molar-refractivity contribution < 1.29 is 9.53 Å². The number of carbonyl (C=O) groups is 1. The van der Waals surface area contributed by atoms with E-state index < -0.39 is 5.97 Å². The van der Waals surface area contributed by atoms with Gasteiger partial charge in [-0.3, -0.25) is 0 Å². The van der Waals surface area contributed by atoms with Crippen LogP contribution < -0.4 is 0 Å². The molecule has 2 heterocycles. The number of hydrogen-bond donors (Lipinski definition) is 0. The molecular formula is C13H15N3O2. The topological polar surface area (TPSA) is 56.5 Å². The fraction of sp³-hybridized carbons (Fsp3) is 0.308. The van der Waals surface area contributed by atoms with Gasteiger partial charge < -0.3 is 4.74 Å². The van der Waals surface area contributed by atoms with Crippen molar-refractivity contribution in [2.45, 2.75) is 20.8 Å². The second-order valence-corrected chi connectivity index (χ2v) is 4.08. The minimum atomic E-state index is -0.397. The van der Waals surface area contributed by atoms with Crippen LogP contribution in [-0.4, -0.2) is 27.2 Å². The molecule has 0 spiro atoms. The SMILES string of the molecule is C=C(C)c1c(C(=O)OCC)cnn2cc(C)nc12. The van der Waals surface area contributed by atoms with Crippen LogP contribution in [0.1, 0.15) is 35.5 Å². The zero-order valence-electron chi connectivity index (χ0n) is 10.7. The summed E-state index contributed by atoms with van der Waals surface area (Å²) in [6, 6.07) is 0.